The van der Waals surface area contributed by atoms with E-state index in [9.17, 15) is 4.79 Å². The SMILES string of the molecule is COc1ccccc1OCC(=O)NC(C)c1ccc2c(c1)OCO2. The number of amides is 1. The molecule has 6 nitrogen and oxygen atoms in total. The van der Waals surface area contributed by atoms with Crippen LogP contribution in [-0.2, 0) is 4.79 Å². The molecule has 1 heterocycles. The number of rotatable bonds is 6. The first-order valence-corrected chi connectivity index (χ1v) is 7.62. The van der Waals surface area contributed by atoms with Crippen LogP contribution in [-0.4, -0.2) is 26.4 Å². The fourth-order valence-corrected chi connectivity index (χ4v) is 2.43. The molecule has 126 valence electrons. The van der Waals surface area contributed by atoms with E-state index in [1.807, 2.05) is 37.3 Å². The Balaban J connectivity index is 1.56. The molecule has 0 aromatic heterocycles. The molecular formula is C18H19NO5. The molecule has 1 amide bonds. The normalized spacial score (nSPS) is 13.2. The molecule has 0 radical (unpaired) electrons. The van der Waals surface area contributed by atoms with Crippen LogP contribution >= 0.6 is 0 Å². The van der Waals surface area contributed by atoms with Gasteiger partial charge in [-0.1, -0.05) is 18.2 Å². The van der Waals surface area contributed by atoms with Crippen LogP contribution in [0.3, 0.4) is 0 Å². The fourth-order valence-electron chi connectivity index (χ4n) is 2.43. The summed E-state index contributed by atoms with van der Waals surface area (Å²) in [5.41, 5.74) is 0.935. The largest absolute Gasteiger partial charge is 0.493 e. The lowest BCUT2D eigenvalue weighted by atomic mass is 10.1. The quantitative estimate of drug-likeness (QED) is 0.882. The van der Waals surface area contributed by atoms with E-state index in [2.05, 4.69) is 5.32 Å². The molecule has 2 aromatic rings. The third-order valence-electron chi connectivity index (χ3n) is 3.70. The zero-order chi connectivity index (χ0) is 16.9. The van der Waals surface area contributed by atoms with Crippen LogP contribution in [0.2, 0.25) is 0 Å². The Morgan fingerprint density at radius 3 is 2.71 bits per heavy atom. The lowest BCUT2D eigenvalue weighted by Crippen LogP contribution is -2.31. The van der Waals surface area contributed by atoms with E-state index in [1.54, 1.807) is 19.2 Å². The van der Waals surface area contributed by atoms with Crippen LogP contribution in [0.25, 0.3) is 0 Å². The van der Waals surface area contributed by atoms with Gasteiger partial charge in [0.1, 0.15) is 0 Å². The maximum atomic E-state index is 12.1. The minimum atomic E-state index is -0.217. The van der Waals surface area contributed by atoms with E-state index in [1.165, 1.54) is 0 Å². The molecule has 0 bridgehead atoms. The summed E-state index contributed by atoms with van der Waals surface area (Å²) in [6.45, 7) is 2.04. The van der Waals surface area contributed by atoms with E-state index in [-0.39, 0.29) is 25.3 Å². The van der Waals surface area contributed by atoms with Gasteiger partial charge in [0.05, 0.1) is 13.2 Å². The highest BCUT2D eigenvalue weighted by atomic mass is 16.7. The van der Waals surface area contributed by atoms with Gasteiger partial charge < -0.3 is 24.3 Å². The summed E-state index contributed by atoms with van der Waals surface area (Å²) in [5.74, 6) is 2.32. The van der Waals surface area contributed by atoms with E-state index in [4.69, 9.17) is 18.9 Å². The van der Waals surface area contributed by atoms with Crippen molar-refractivity contribution in [2.75, 3.05) is 20.5 Å². The summed E-state index contributed by atoms with van der Waals surface area (Å²) in [6, 6.07) is 12.6. The van der Waals surface area contributed by atoms with Gasteiger partial charge in [0.15, 0.2) is 29.6 Å². The number of benzene rings is 2. The molecule has 3 rings (SSSR count). The van der Waals surface area contributed by atoms with Gasteiger partial charge in [0.25, 0.3) is 5.91 Å². The molecule has 1 N–H and O–H groups in total. The maximum absolute atomic E-state index is 12.1. The first-order chi connectivity index (χ1) is 11.7. The van der Waals surface area contributed by atoms with E-state index in [0.717, 1.165) is 11.3 Å². The standard InChI is InChI=1S/C18H19NO5/c1-12(13-7-8-16-17(9-13)24-11-23-16)19-18(20)10-22-15-6-4-3-5-14(15)21-2/h3-9,12H,10-11H2,1-2H3,(H,19,20). The number of hydrogen-bond donors (Lipinski definition) is 1. The highest BCUT2D eigenvalue weighted by Crippen LogP contribution is 2.34. The molecule has 2 aromatic carbocycles. The first kappa shape index (κ1) is 16.0. The van der Waals surface area contributed by atoms with Crippen molar-refractivity contribution in [1.29, 1.82) is 0 Å². The van der Waals surface area contributed by atoms with E-state index >= 15 is 0 Å². The Bertz CT molecular complexity index is 731. The van der Waals surface area contributed by atoms with Crippen LogP contribution < -0.4 is 24.3 Å². The number of nitrogens with one attached hydrogen (secondary N) is 1. The molecule has 1 aliphatic rings. The van der Waals surface area contributed by atoms with Crippen molar-refractivity contribution in [3.05, 3.63) is 48.0 Å². The van der Waals surface area contributed by atoms with Crippen molar-refractivity contribution in [3.8, 4) is 23.0 Å². The van der Waals surface area contributed by atoms with Crippen LogP contribution in [0.4, 0.5) is 0 Å². The third kappa shape index (κ3) is 3.53. The van der Waals surface area contributed by atoms with Crippen LogP contribution in [0.15, 0.2) is 42.5 Å². The fraction of sp³-hybridized carbons (Fsp3) is 0.278. The van der Waals surface area contributed by atoms with Crippen molar-refractivity contribution in [1.82, 2.24) is 5.32 Å². The van der Waals surface area contributed by atoms with Crippen molar-refractivity contribution >= 4 is 5.91 Å². The highest BCUT2D eigenvalue weighted by Gasteiger charge is 2.17. The summed E-state index contributed by atoms with van der Waals surface area (Å²) in [5, 5.41) is 2.89. The topological polar surface area (TPSA) is 66.0 Å². The average molecular weight is 329 g/mol. The molecule has 0 aliphatic carbocycles. The van der Waals surface area contributed by atoms with Crippen molar-refractivity contribution in [2.24, 2.45) is 0 Å². The molecule has 6 heteroatoms. The summed E-state index contributed by atoms with van der Waals surface area (Å²) in [7, 11) is 1.56. The van der Waals surface area contributed by atoms with Crippen LogP contribution in [0, 0.1) is 0 Å². The number of para-hydroxylation sites is 2. The zero-order valence-electron chi connectivity index (χ0n) is 13.6. The summed E-state index contributed by atoms with van der Waals surface area (Å²) < 4.78 is 21.3. The summed E-state index contributed by atoms with van der Waals surface area (Å²) >= 11 is 0. The Hall–Kier alpha value is -2.89. The Labute approximate surface area is 140 Å². The van der Waals surface area contributed by atoms with Gasteiger partial charge in [0.2, 0.25) is 6.79 Å². The van der Waals surface area contributed by atoms with Gasteiger partial charge in [-0.25, -0.2) is 0 Å². The van der Waals surface area contributed by atoms with Crippen LogP contribution in [0.1, 0.15) is 18.5 Å². The van der Waals surface area contributed by atoms with Gasteiger partial charge in [-0.2, -0.15) is 0 Å². The zero-order valence-corrected chi connectivity index (χ0v) is 13.6. The Morgan fingerprint density at radius 1 is 1.17 bits per heavy atom. The maximum Gasteiger partial charge on any atom is 0.258 e. The van der Waals surface area contributed by atoms with Crippen molar-refractivity contribution in [3.63, 3.8) is 0 Å². The van der Waals surface area contributed by atoms with Crippen LogP contribution in [0.5, 0.6) is 23.0 Å². The lowest BCUT2D eigenvalue weighted by Gasteiger charge is -2.16. The smallest absolute Gasteiger partial charge is 0.258 e. The predicted octanol–water partition coefficient (Wildman–Crippen LogP) is 2.68. The minimum absolute atomic E-state index is 0.0880. The first-order valence-electron chi connectivity index (χ1n) is 7.62. The molecule has 0 saturated carbocycles. The van der Waals surface area contributed by atoms with E-state index in [0.29, 0.717) is 17.2 Å². The van der Waals surface area contributed by atoms with Crippen molar-refractivity contribution in [2.45, 2.75) is 13.0 Å². The average Bonchev–Trinajstić information content (AvgIpc) is 3.07. The minimum Gasteiger partial charge on any atom is -0.493 e. The number of fused-ring (bicyclic) bond motifs is 1. The van der Waals surface area contributed by atoms with Gasteiger partial charge in [-0.15, -0.1) is 0 Å². The number of carbonyl (C=O) groups excluding carboxylic acids is 1. The Morgan fingerprint density at radius 2 is 1.92 bits per heavy atom. The summed E-state index contributed by atoms with van der Waals surface area (Å²) in [4.78, 5) is 12.1. The predicted molar refractivity (Wildman–Crippen MR) is 87.6 cm³/mol. The number of methoxy groups -OCH3 is 1. The molecule has 24 heavy (non-hydrogen) atoms. The molecule has 0 saturated heterocycles. The second-order valence-corrected chi connectivity index (χ2v) is 5.34. The molecule has 0 spiro atoms. The number of ether oxygens (including phenoxy) is 4. The second kappa shape index (κ2) is 7.12. The van der Waals surface area contributed by atoms with Gasteiger partial charge in [-0.3, -0.25) is 4.79 Å². The highest BCUT2D eigenvalue weighted by molar-refractivity contribution is 5.78. The number of hydrogen-bond acceptors (Lipinski definition) is 5. The molecule has 0 fully saturated rings. The van der Waals surface area contributed by atoms with E-state index < -0.39 is 0 Å². The van der Waals surface area contributed by atoms with Gasteiger partial charge in [0, 0.05) is 0 Å². The third-order valence-corrected chi connectivity index (χ3v) is 3.70. The van der Waals surface area contributed by atoms with Crippen molar-refractivity contribution < 1.29 is 23.7 Å². The second-order valence-electron chi connectivity index (χ2n) is 5.34. The Kier molecular flexibility index (Phi) is 4.74. The lowest BCUT2D eigenvalue weighted by molar-refractivity contribution is -0.123. The number of carbonyl (C=O) groups is 1. The molecular weight excluding hydrogens is 310 g/mol. The van der Waals surface area contributed by atoms with Gasteiger partial charge >= 0.3 is 0 Å². The molecule has 1 unspecified atom stereocenters. The molecule has 1 atom stereocenters. The molecule has 1 aliphatic heterocycles. The van der Waals surface area contributed by atoms with Gasteiger partial charge in [-0.05, 0) is 36.8 Å². The summed E-state index contributed by atoms with van der Waals surface area (Å²) in [6.07, 6.45) is 0. The monoisotopic (exact) mass is 329 g/mol.